The summed E-state index contributed by atoms with van der Waals surface area (Å²) in [6, 6.07) is 10.7. The van der Waals surface area contributed by atoms with E-state index in [1.54, 1.807) is 26.0 Å². The van der Waals surface area contributed by atoms with Gasteiger partial charge >= 0.3 is 7.12 Å². The monoisotopic (exact) mass is 946 g/mol. The minimum atomic E-state index is -1.70. The lowest BCUT2D eigenvalue weighted by molar-refractivity contribution is -0.199. The van der Waals surface area contributed by atoms with Crippen LogP contribution in [0.3, 0.4) is 0 Å². The molecule has 1 saturated heterocycles. The maximum atomic E-state index is 14.0. The number of aryl methyl sites for hydroxylation is 1. The first-order chi connectivity index (χ1) is 32.1. The van der Waals surface area contributed by atoms with Crippen molar-refractivity contribution in [3.05, 3.63) is 59.7 Å². The van der Waals surface area contributed by atoms with E-state index >= 15 is 0 Å². The summed E-state index contributed by atoms with van der Waals surface area (Å²) in [4.78, 5) is 81.7. The molecule has 2 bridgehead atoms. The Kier molecular flexibility index (Phi) is 18.7. The third kappa shape index (κ3) is 12.8. The number of aliphatic hydroxyl groups excluding tert-OH is 1. The van der Waals surface area contributed by atoms with Gasteiger partial charge in [-0.05, 0) is 117 Å². The number of unbranched alkanes of at least 4 members (excludes halogenated alkanes) is 2. The number of amides is 6. The van der Waals surface area contributed by atoms with Gasteiger partial charge in [0.1, 0.15) is 24.2 Å². The Labute approximate surface area is 401 Å². The molecule has 10 atom stereocenters. The zero-order chi connectivity index (χ0) is 50.1. The largest absolute Gasteiger partial charge is 0.497 e. The summed E-state index contributed by atoms with van der Waals surface area (Å²) in [6.45, 7) is 13.7. The smallest absolute Gasteiger partial charge is 0.403 e. The van der Waals surface area contributed by atoms with Gasteiger partial charge in [-0.25, -0.2) is 0 Å². The maximum Gasteiger partial charge on any atom is 0.497 e. The van der Waals surface area contributed by atoms with Gasteiger partial charge in [-0.3, -0.25) is 28.8 Å². The van der Waals surface area contributed by atoms with Crippen molar-refractivity contribution in [2.24, 2.45) is 40.4 Å². The molecule has 6 rings (SSSR count). The molecule has 1 unspecified atom stereocenters. The molecule has 1 heterocycles. The number of benzene rings is 2. The number of rotatable bonds is 24. The van der Waals surface area contributed by atoms with Gasteiger partial charge in [0, 0.05) is 25.6 Å². The second kappa shape index (κ2) is 23.6. The van der Waals surface area contributed by atoms with Gasteiger partial charge in [0.05, 0.1) is 17.8 Å². The Morgan fingerprint density at radius 3 is 2.09 bits per heavy atom. The lowest BCUT2D eigenvalue weighted by Gasteiger charge is -2.64. The highest BCUT2D eigenvalue weighted by molar-refractivity contribution is 6.47. The summed E-state index contributed by atoms with van der Waals surface area (Å²) in [5.74, 6) is -3.69. The fourth-order valence-electron chi connectivity index (χ4n) is 10.0. The van der Waals surface area contributed by atoms with Crippen LogP contribution in [0.15, 0.2) is 48.5 Å². The van der Waals surface area contributed by atoms with Crippen molar-refractivity contribution in [1.82, 2.24) is 31.5 Å². The molecular formula is C49H76BN9O9. The van der Waals surface area contributed by atoms with Gasteiger partial charge in [0.2, 0.25) is 23.6 Å². The fraction of sp³-hybridized carbons (Fsp3) is 0.633. The molecule has 18 nitrogen and oxygen atoms in total. The summed E-state index contributed by atoms with van der Waals surface area (Å²) in [5.41, 5.74) is 21.5. The van der Waals surface area contributed by atoms with Crippen LogP contribution in [-0.2, 0) is 39.7 Å². The minimum absolute atomic E-state index is 0.0153. The number of nitrogens with zero attached hydrogens (tertiary/aromatic N) is 1. The van der Waals surface area contributed by atoms with Crippen molar-refractivity contribution in [1.29, 1.82) is 0 Å². The SMILES string of the molecule is CCCCc1ccc(-c2ccc(C(=O)NCCC(=O)N[C@@H](CCCCN)C(=O)N(C)[C@H](C(=O)N[C@@H](N)C(=O)N[C@H](C(=O)N[C@@H](N)B3OC4C[C@@H]5C[C@@H](C5(C)C)[C@]4(C)O3)C(C)C)[C@@H](C)O)cc2)cc1. The molecule has 3 saturated carbocycles. The van der Waals surface area contributed by atoms with Crippen LogP contribution in [-0.4, -0.2) is 121 Å². The molecule has 6 amide bonds. The summed E-state index contributed by atoms with van der Waals surface area (Å²) in [5, 5.41) is 23.9. The highest BCUT2D eigenvalue weighted by atomic mass is 16.7. The maximum absolute atomic E-state index is 14.0. The predicted molar refractivity (Wildman–Crippen MR) is 260 cm³/mol. The van der Waals surface area contributed by atoms with E-state index in [-0.39, 0.29) is 36.8 Å². The van der Waals surface area contributed by atoms with Gasteiger partial charge < -0.3 is 63.1 Å². The number of likely N-dealkylation sites (N-methyl/N-ethyl adjacent to an activating group) is 1. The van der Waals surface area contributed by atoms with Crippen molar-refractivity contribution in [3.63, 3.8) is 0 Å². The number of carbonyl (C=O) groups excluding carboxylic acids is 6. The van der Waals surface area contributed by atoms with E-state index in [2.05, 4.69) is 71.6 Å². The molecule has 0 aromatic heterocycles. The van der Waals surface area contributed by atoms with Crippen LogP contribution in [0.2, 0.25) is 0 Å². The highest BCUT2D eigenvalue weighted by Crippen LogP contribution is 2.65. The van der Waals surface area contributed by atoms with E-state index in [9.17, 15) is 33.9 Å². The van der Waals surface area contributed by atoms with E-state index in [0.29, 0.717) is 36.8 Å². The number of nitrogens with two attached hydrogens (primary N) is 3. The summed E-state index contributed by atoms with van der Waals surface area (Å²) in [6.07, 6.45) is 2.93. The molecule has 374 valence electrons. The standard InChI is InChI=1S/C49H76BN9O9/c1-9-10-13-30-15-17-31(18-16-30)32-19-21-33(22-20-32)42(62)54-25-23-38(61)55-35(14-11-12-24-51)46(66)59(8)40(29(4)60)44(64)57-41(52)45(65)56-39(28(2)3)43(63)58-47(53)50-67-37-27-34-26-36(48(34,5)6)49(37,7)68-50/h15-22,28-29,34-37,39-41,47,60H,9-14,23-27,51-53H2,1-8H3,(H,54,62)(H,55,61)(H,56,65)(H,57,64)(H,58,63)/t29-,34+,35+,36+,37?,39+,40+,41-,47-,49+/m1/s1. The zero-order valence-corrected chi connectivity index (χ0v) is 41.1. The van der Waals surface area contributed by atoms with Crippen LogP contribution in [0.4, 0.5) is 0 Å². The highest BCUT2D eigenvalue weighted by Gasteiger charge is 2.68. The van der Waals surface area contributed by atoms with Crippen LogP contribution >= 0.6 is 0 Å². The van der Waals surface area contributed by atoms with Crippen molar-refractivity contribution in [2.45, 2.75) is 154 Å². The normalized spacial score (nSPS) is 22.8. The van der Waals surface area contributed by atoms with Crippen LogP contribution in [0.25, 0.3) is 11.1 Å². The van der Waals surface area contributed by atoms with Crippen LogP contribution < -0.4 is 43.8 Å². The second-order valence-corrected chi connectivity index (χ2v) is 20.0. The van der Waals surface area contributed by atoms with Crippen LogP contribution in [0.1, 0.15) is 116 Å². The molecular weight excluding hydrogens is 869 g/mol. The van der Waals surface area contributed by atoms with Gasteiger partial charge in [0.25, 0.3) is 11.8 Å². The molecule has 4 fully saturated rings. The number of hydrogen-bond donors (Lipinski definition) is 9. The van der Waals surface area contributed by atoms with Crippen molar-refractivity contribution < 1.29 is 43.2 Å². The third-order valence-electron chi connectivity index (χ3n) is 14.4. The quantitative estimate of drug-likeness (QED) is 0.0415. The number of carbonyl (C=O) groups is 6. The molecule has 3 aliphatic carbocycles. The molecule has 0 spiro atoms. The second-order valence-electron chi connectivity index (χ2n) is 20.0. The first-order valence-corrected chi connectivity index (χ1v) is 24.3. The number of hydrogen-bond acceptors (Lipinski definition) is 12. The van der Waals surface area contributed by atoms with Crippen molar-refractivity contribution >= 4 is 42.6 Å². The molecule has 1 aliphatic heterocycles. The topological polar surface area (TPSA) is 283 Å². The fourth-order valence-corrected chi connectivity index (χ4v) is 10.0. The molecule has 2 aromatic rings. The average molecular weight is 946 g/mol. The van der Waals surface area contributed by atoms with E-state index in [1.165, 1.54) is 19.5 Å². The van der Waals surface area contributed by atoms with E-state index in [1.807, 2.05) is 19.1 Å². The molecule has 19 heteroatoms. The third-order valence-corrected chi connectivity index (χ3v) is 14.4. The summed E-state index contributed by atoms with van der Waals surface area (Å²) in [7, 11) is 0.395. The minimum Gasteiger partial charge on any atom is -0.403 e. The molecule has 68 heavy (non-hydrogen) atoms. The number of nitrogens with one attached hydrogen (secondary N) is 5. The Morgan fingerprint density at radius 2 is 1.50 bits per heavy atom. The predicted octanol–water partition coefficient (Wildman–Crippen LogP) is 1.85. The molecule has 4 aliphatic rings. The summed E-state index contributed by atoms with van der Waals surface area (Å²) < 4.78 is 12.6. The lowest BCUT2D eigenvalue weighted by Crippen LogP contribution is -2.65. The van der Waals surface area contributed by atoms with Gasteiger partial charge in [0.15, 0.2) is 6.17 Å². The van der Waals surface area contributed by atoms with E-state index in [4.69, 9.17) is 26.5 Å². The molecule has 0 radical (unpaired) electrons. The van der Waals surface area contributed by atoms with Gasteiger partial charge in [-0.15, -0.1) is 0 Å². The van der Waals surface area contributed by atoms with Crippen LogP contribution in [0, 0.1) is 23.2 Å². The zero-order valence-electron chi connectivity index (χ0n) is 41.1. The Balaban J connectivity index is 1.11. The van der Waals surface area contributed by atoms with Crippen molar-refractivity contribution in [2.75, 3.05) is 20.1 Å². The average Bonchev–Trinajstić information content (AvgIpc) is 3.67. The Bertz CT molecular complexity index is 2070. The number of aliphatic hydroxyl groups is 1. The Hall–Kier alpha value is -4.92. The van der Waals surface area contributed by atoms with E-state index < -0.39 is 84.6 Å². The molecule has 12 N–H and O–H groups in total. The lowest BCUT2D eigenvalue weighted by atomic mass is 9.43. The van der Waals surface area contributed by atoms with Gasteiger partial charge in [-0.1, -0.05) is 77.4 Å². The van der Waals surface area contributed by atoms with Crippen molar-refractivity contribution in [3.8, 4) is 11.1 Å². The Morgan fingerprint density at radius 1 is 0.853 bits per heavy atom. The molecule has 2 aromatic carbocycles. The van der Waals surface area contributed by atoms with Crippen LogP contribution in [0.5, 0.6) is 0 Å². The first kappa shape index (κ1) is 54.0. The van der Waals surface area contributed by atoms with Gasteiger partial charge in [-0.2, -0.15) is 0 Å². The summed E-state index contributed by atoms with van der Waals surface area (Å²) >= 11 is 0. The van der Waals surface area contributed by atoms with E-state index in [0.717, 1.165) is 48.1 Å². The first-order valence-electron chi connectivity index (χ1n) is 24.3.